The summed E-state index contributed by atoms with van der Waals surface area (Å²) in [7, 11) is -3.89. The lowest BCUT2D eigenvalue weighted by Gasteiger charge is -2.28. The third-order valence-electron chi connectivity index (χ3n) is 4.13. The predicted molar refractivity (Wildman–Crippen MR) is 102 cm³/mol. The third-order valence-corrected chi connectivity index (χ3v) is 6.12. The standard InChI is InChI=1S/C16H17BrN4O4S/c17-14-10-13(5-6-15(14)21(22)23)26(24,25)19-16-7-4-12(11-18-16)20-8-2-1-3-9-20/h4-7,10-11H,1-3,8-9H2,(H,18,19). The molecule has 138 valence electrons. The molecule has 0 spiro atoms. The molecule has 1 aliphatic heterocycles. The van der Waals surface area contributed by atoms with Crippen LogP contribution < -0.4 is 9.62 Å². The Morgan fingerprint density at radius 1 is 1.15 bits per heavy atom. The van der Waals surface area contributed by atoms with Gasteiger partial charge in [-0.15, -0.1) is 0 Å². The second-order valence-corrected chi connectivity index (χ2v) is 8.46. The lowest BCUT2D eigenvalue weighted by atomic mass is 10.1. The molecule has 3 rings (SSSR count). The van der Waals surface area contributed by atoms with Crippen molar-refractivity contribution in [1.29, 1.82) is 0 Å². The first-order chi connectivity index (χ1) is 12.4. The van der Waals surface area contributed by atoms with Crippen molar-refractivity contribution in [3.8, 4) is 0 Å². The summed E-state index contributed by atoms with van der Waals surface area (Å²) in [6.45, 7) is 1.95. The second-order valence-electron chi connectivity index (χ2n) is 5.93. The summed E-state index contributed by atoms with van der Waals surface area (Å²) < 4.78 is 27.4. The monoisotopic (exact) mass is 440 g/mol. The van der Waals surface area contributed by atoms with Gasteiger partial charge in [0.15, 0.2) is 0 Å². The Labute approximate surface area is 159 Å². The summed E-state index contributed by atoms with van der Waals surface area (Å²) in [5, 5.41) is 10.8. The van der Waals surface area contributed by atoms with Gasteiger partial charge in [0.1, 0.15) is 5.82 Å². The molecule has 0 bridgehead atoms. The number of nitro benzene ring substituents is 1. The number of sulfonamides is 1. The number of halogens is 1. The van der Waals surface area contributed by atoms with Gasteiger partial charge in [0.2, 0.25) is 0 Å². The molecule has 0 unspecified atom stereocenters. The average molecular weight is 441 g/mol. The zero-order valence-corrected chi connectivity index (χ0v) is 16.2. The van der Waals surface area contributed by atoms with Crippen LogP contribution >= 0.6 is 15.9 Å². The molecular weight excluding hydrogens is 424 g/mol. The Morgan fingerprint density at radius 2 is 1.88 bits per heavy atom. The normalized spacial score (nSPS) is 14.9. The third kappa shape index (κ3) is 4.13. The van der Waals surface area contributed by atoms with E-state index >= 15 is 0 Å². The van der Waals surface area contributed by atoms with Crippen LogP contribution in [0.2, 0.25) is 0 Å². The molecular formula is C16H17BrN4O4S. The van der Waals surface area contributed by atoms with Gasteiger partial charge in [0, 0.05) is 19.2 Å². The van der Waals surface area contributed by atoms with Gasteiger partial charge in [-0.2, -0.15) is 0 Å². The van der Waals surface area contributed by atoms with Crippen LogP contribution in [0.4, 0.5) is 17.2 Å². The van der Waals surface area contributed by atoms with Gasteiger partial charge >= 0.3 is 0 Å². The van der Waals surface area contributed by atoms with Crippen molar-refractivity contribution in [1.82, 2.24) is 4.98 Å². The zero-order chi connectivity index (χ0) is 18.7. The number of pyridine rings is 1. The lowest BCUT2D eigenvalue weighted by molar-refractivity contribution is -0.385. The number of nitro groups is 1. The van der Waals surface area contributed by atoms with Gasteiger partial charge in [-0.1, -0.05) is 0 Å². The Morgan fingerprint density at radius 3 is 2.46 bits per heavy atom. The largest absolute Gasteiger partial charge is 0.370 e. The van der Waals surface area contributed by atoms with Crippen molar-refractivity contribution >= 4 is 43.1 Å². The molecule has 10 heteroatoms. The van der Waals surface area contributed by atoms with E-state index in [1.807, 2.05) is 6.07 Å². The van der Waals surface area contributed by atoms with E-state index in [4.69, 9.17) is 0 Å². The van der Waals surface area contributed by atoms with E-state index < -0.39 is 14.9 Å². The highest BCUT2D eigenvalue weighted by molar-refractivity contribution is 9.10. The van der Waals surface area contributed by atoms with Gasteiger partial charge in [-0.25, -0.2) is 13.4 Å². The van der Waals surface area contributed by atoms with E-state index in [2.05, 4.69) is 30.5 Å². The number of anilines is 2. The topological polar surface area (TPSA) is 105 Å². The molecule has 0 amide bonds. The average Bonchev–Trinajstić information content (AvgIpc) is 2.62. The number of rotatable bonds is 5. The number of benzene rings is 1. The zero-order valence-electron chi connectivity index (χ0n) is 13.8. The summed E-state index contributed by atoms with van der Waals surface area (Å²) in [5.41, 5.74) is 0.763. The summed E-state index contributed by atoms with van der Waals surface area (Å²) in [4.78, 5) is 16.6. The van der Waals surface area contributed by atoms with Crippen LogP contribution in [0.5, 0.6) is 0 Å². The lowest BCUT2D eigenvalue weighted by Crippen LogP contribution is -2.29. The first-order valence-electron chi connectivity index (χ1n) is 8.04. The minimum absolute atomic E-state index is 0.0862. The molecule has 26 heavy (non-hydrogen) atoms. The van der Waals surface area contributed by atoms with E-state index in [1.165, 1.54) is 18.6 Å². The molecule has 2 heterocycles. The van der Waals surface area contributed by atoms with Crippen molar-refractivity contribution in [3.63, 3.8) is 0 Å². The smallest absolute Gasteiger partial charge is 0.283 e. The molecule has 1 aromatic heterocycles. The molecule has 1 fully saturated rings. The quantitative estimate of drug-likeness (QED) is 0.562. The van der Waals surface area contributed by atoms with Gasteiger partial charge in [-0.3, -0.25) is 14.8 Å². The van der Waals surface area contributed by atoms with Crippen molar-refractivity contribution in [2.24, 2.45) is 0 Å². The van der Waals surface area contributed by atoms with E-state index in [-0.39, 0.29) is 20.9 Å². The summed E-state index contributed by atoms with van der Waals surface area (Å²) in [6, 6.07) is 6.98. The maximum Gasteiger partial charge on any atom is 0.283 e. The Hall–Kier alpha value is -2.20. The maximum absolute atomic E-state index is 12.5. The van der Waals surface area contributed by atoms with Crippen molar-refractivity contribution in [3.05, 3.63) is 51.1 Å². The predicted octanol–water partition coefficient (Wildman–Crippen LogP) is 3.54. The minimum Gasteiger partial charge on any atom is -0.370 e. The van der Waals surface area contributed by atoms with Crippen LogP contribution in [0.3, 0.4) is 0 Å². The number of nitrogens with zero attached hydrogens (tertiary/aromatic N) is 3. The van der Waals surface area contributed by atoms with Gasteiger partial charge < -0.3 is 4.90 Å². The van der Waals surface area contributed by atoms with Gasteiger partial charge in [-0.05, 0) is 59.5 Å². The number of hydrogen-bond acceptors (Lipinski definition) is 6. The molecule has 1 aromatic carbocycles. The van der Waals surface area contributed by atoms with Crippen LogP contribution in [0.1, 0.15) is 19.3 Å². The second kappa shape index (κ2) is 7.58. The number of piperidine rings is 1. The van der Waals surface area contributed by atoms with Crippen LogP contribution in [0.25, 0.3) is 0 Å². The molecule has 1 N–H and O–H groups in total. The van der Waals surface area contributed by atoms with Crippen LogP contribution in [-0.4, -0.2) is 31.4 Å². The van der Waals surface area contributed by atoms with E-state index in [9.17, 15) is 18.5 Å². The number of hydrogen-bond donors (Lipinski definition) is 1. The molecule has 0 aliphatic carbocycles. The number of nitrogens with one attached hydrogen (secondary N) is 1. The fourth-order valence-electron chi connectivity index (χ4n) is 2.79. The van der Waals surface area contributed by atoms with Crippen molar-refractivity contribution in [2.75, 3.05) is 22.7 Å². The molecule has 0 atom stereocenters. The molecule has 0 saturated carbocycles. The summed E-state index contributed by atoms with van der Waals surface area (Å²) >= 11 is 3.02. The van der Waals surface area contributed by atoms with Crippen LogP contribution in [0.15, 0.2) is 45.9 Å². The first kappa shape index (κ1) is 18.6. The Balaban J connectivity index is 1.77. The van der Waals surface area contributed by atoms with Crippen molar-refractivity contribution < 1.29 is 13.3 Å². The van der Waals surface area contributed by atoms with Crippen molar-refractivity contribution in [2.45, 2.75) is 24.2 Å². The minimum atomic E-state index is -3.89. The molecule has 1 saturated heterocycles. The first-order valence-corrected chi connectivity index (χ1v) is 10.3. The van der Waals surface area contributed by atoms with E-state index in [1.54, 1.807) is 12.3 Å². The fraction of sp³-hybridized carbons (Fsp3) is 0.312. The SMILES string of the molecule is O=[N+]([O-])c1ccc(S(=O)(=O)Nc2ccc(N3CCCCC3)cn2)cc1Br. The van der Waals surface area contributed by atoms with Crippen LogP contribution in [0, 0.1) is 10.1 Å². The molecule has 1 aliphatic rings. The highest BCUT2D eigenvalue weighted by Gasteiger charge is 2.20. The summed E-state index contributed by atoms with van der Waals surface area (Å²) in [5.74, 6) is 0.195. The molecule has 0 radical (unpaired) electrons. The van der Waals surface area contributed by atoms with Crippen LogP contribution in [-0.2, 0) is 10.0 Å². The Kier molecular flexibility index (Phi) is 5.42. The highest BCUT2D eigenvalue weighted by atomic mass is 79.9. The molecule has 2 aromatic rings. The maximum atomic E-state index is 12.5. The Bertz CT molecular complexity index is 912. The molecule has 8 nitrogen and oxygen atoms in total. The summed E-state index contributed by atoms with van der Waals surface area (Å²) in [6.07, 6.45) is 5.16. The van der Waals surface area contributed by atoms with E-state index in [0.717, 1.165) is 37.7 Å². The van der Waals surface area contributed by atoms with Gasteiger partial charge in [0.05, 0.1) is 26.2 Å². The highest BCUT2D eigenvalue weighted by Crippen LogP contribution is 2.28. The van der Waals surface area contributed by atoms with Gasteiger partial charge in [0.25, 0.3) is 15.7 Å². The van der Waals surface area contributed by atoms with E-state index in [0.29, 0.717) is 0 Å². The fourth-order valence-corrected chi connectivity index (χ4v) is 4.49. The number of aromatic nitrogens is 1.